The van der Waals surface area contributed by atoms with E-state index in [-0.39, 0.29) is 11.8 Å². The van der Waals surface area contributed by atoms with E-state index in [1.807, 2.05) is 35.1 Å². The van der Waals surface area contributed by atoms with Crippen molar-refractivity contribution in [3.8, 4) is 11.3 Å². The van der Waals surface area contributed by atoms with Crippen molar-refractivity contribution in [2.24, 2.45) is 4.99 Å². The molecule has 1 aromatic carbocycles. The number of anilines is 1. The van der Waals surface area contributed by atoms with Gasteiger partial charge >= 0.3 is 0 Å². The molecule has 9 heteroatoms. The largest absolute Gasteiger partial charge is 0.352 e. The van der Waals surface area contributed by atoms with E-state index in [0.717, 1.165) is 40.8 Å². The standard InChI is InChI=1S/C19H19N5O2S2/c1-12(25)21-9-13-2-4-14(5-3-13)16-11-27-18(22-16)23-17(26)8-15-10-28-19-20-6-7-24(15)19/h2-5,10-11H,6-9H2,1H3,(H,21,25)(H,22,23,26). The SMILES string of the molecule is CC(=O)NCc1ccc(-c2csc(NC(=O)CC3=CSC4=NCCN34)n2)cc1. The molecule has 2 aromatic rings. The number of benzene rings is 1. The lowest BCUT2D eigenvalue weighted by Gasteiger charge is -2.15. The lowest BCUT2D eigenvalue weighted by atomic mass is 10.1. The molecule has 0 aliphatic carbocycles. The Balaban J connectivity index is 1.34. The zero-order valence-electron chi connectivity index (χ0n) is 15.3. The van der Waals surface area contributed by atoms with Gasteiger partial charge in [-0.15, -0.1) is 11.3 Å². The number of amidine groups is 1. The Hall–Kier alpha value is -2.65. The summed E-state index contributed by atoms with van der Waals surface area (Å²) in [5.41, 5.74) is 3.80. The van der Waals surface area contributed by atoms with Gasteiger partial charge in [0, 0.05) is 36.7 Å². The molecule has 2 aliphatic heterocycles. The summed E-state index contributed by atoms with van der Waals surface area (Å²) < 4.78 is 0. The smallest absolute Gasteiger partial charge is 0.232 e. The third-order valence-electron chi connectivity index (χ3n) is 4.33. The lowest BCUT2D eigenvalue weighted by molar-refractivity contribution is -0.119. The number of nitrogens with zero attached hydrogens (tertiary/aromatic N) is 3. The van der Waals surface area contributed by atoms with Crippen molar-refractivity contribution in [1.29, 1.82) is 0 Å². The molecular weight excluding hydrogens is 394 g/mol. The number of carbonyl (C=O) groups is 2. The number of fused-ring (bicyclic) bond motifs is 1. The predicted octanol–water partition coefficient (Wildman–Crippen LogP) is 3.03. The molecule has 1 aromatic heterocycles. The van der Waals surface area contributed by atoms with Crippen LogP contribution in [-0.2, 0) is 16.1 Å². The first-order chi connectivity index (χ1) is 13.6. The number of nitrogens with one attached hydrogen (secondary N) is 2. The third kappa shape index (κ3) is 4.26. The minimum Gasteiger partial charge on any atom is -0.352 e. The Morgan fingerprint density at radius 3 is 2.86 bits per heavy atom. The van der Waals surface area contributed by atoms with Crippen LogP contribution in [0.25, 0.3) is 11.3 Å². The number of aliphatic imine (C=N–C) groups is 1. The zero-order valence-corrected chi connectivity index (χ0v) is 16.9. The highest BCUT2D eigenvalue weighted by Crippen LogP contribution is 2.31. The van der Waals surface area contributed by atoms with Crippen LogP contribution in [0.15, 0.2) is 45.7 Å². The van der Waals surface area contributed by atoms with Gasteiger partial charge in [0.25, 0.3) is 0 Å². The Kier molecular flexibility index (Phi) is 5.45. The maximum absolute atomic E-state index is 12.4. The van der Waals surface area contributed by atoms with Crippen molar-refractivity contribution >= 4 is 45.2 Å². The number of rotatable bonds is 6. The van der Waals surface area contributed by atoms with Crippen molar-refractivity contribution in [1.82, 2.24) is 15.2 Å². The van der Waals surface area contributed by atoms with Crippen LogP contribution in [-0.4, -0.2) is 40.0 Å². The van der Waals surface area contributed by atoms with Gasteiger partial charge in [-0.25, -0.2) is 4.98 Å². The molecule has 2 aliphatic rings. The van der Waals surface area contributed by atoms with Gasteiger partial charge in [-0.1, -0.05) is 36.0 Å². The highest BCUT2D eigenvalue weighted by molar-refractivity contribution is 8.16. The molecule has 28 heavy (non-hydrogen) atoms. The van der Waals surface area contributed by atoms with Crippen molar-refractivity contribution in [2.75, 3.05) is 18.4 Å². The van der Waals surface area contributed by atoms with Gasteiger partial charge in [0.2, 0.25) is 11.8 Å². The quantitative estimate of drug-likeness (QED) is 0.760. The molecule has 3 heterocycles. The minimum atomic E-state index is -0.0773. The van der Waals surface area contributed by atoms with E-state index < -0.39 is 0 Å². The first kappa shape index (κ1) is 18.7. The molecule has 0 atom stereocenters. The number of hydrogen-bond donors (Lipinski definition) is 2. The summed E-state index contributed by atoms with van der Waals surface area (Å²) in [7, 11) is 0. The number of hydrogen-bond acceptors (Lipinski definition) is 7. The lowest BCUT2D eigenvalue weighted by Crippen LogP contribution is -2.24. The van der Waals surface area contributed by atoms with Crippen molar-refractivity contribution in [3.05, 3.63) is 46.3 Å². The van der Waals surface area contributed by atoms with Crippen LogP contribution >= 0.6 is 23.1 Å². The highest BCUT2D eigenvalue weighted by Gasteiger charge is 2.27. The van der Waals surface area contributed by atoms with Gasteiger partial charge in [0.1, 0.15) is 0 Å². The van der Waals surface area contributed by atoms with Crippen LogP contribution in [0.3, 0.4) is 0 Å². The van der Waals surface area contributed by atoms with Crippen LogP contribution in [0.4, 0.5) is 5.13 Å². The number of aromatic nitrogens is 1. The number of thioether (sulfide) groups is 1. The molecule has 0 bridgehead atoms. The van der Waals surface area contributed by atoms with Gasteiger partial charge in [0.15, 0.2) is 10.3 Å². The second-order valence-electron chi connectivity index (χ2n) is 6.41. The van der Waals surface area contributed by atoms with E-state index in [4.69, 9.17) is 0 Å². The maximum Gasteiger partial charge on any atom is 0.232 e. The Morgan fingerprint density at radius 2 is 2.07 bits per heavy atom. The van der Waals surface area contributed by atoms with E-state index in [1.165, 1.54) is 18.3 Å². The first-order valence-corrected chi connectivity index (χ1v) is 10.6. The predicted molar refractivity (Wildman–Crippen MR) is 113 cm³/mol. The molecule has 4 rings (SSSR count). The zero-order chi connectivity index (χ0) is 19.5. The Labute approximate surface area is 170 Å². The summed E-state index contributed by atoms with van der Waals surface area (Å²) in [4.78, 5) is 34.4. The fourth-order valence-electron chi connectivity index (χ4n) is 2.93. The topological polar surface area (TPSA) is 86.7 Å². The molecule has 0 saturated heterocycles. The van der Waals surface area contributed by atoms with Crippen LogP contribution in [0.5, 0.6) is 0 Å². The molecule has 0 fully saturated rings. The van der Waals surface area contributed by atoms with Gasteiger partial charge < -0.3 is 15.5 Å². The molecule has 2 amide bonds. The third-order valence-corrected chi connectivity index (χ3v) is 6.04. The molecule has 0 spiro atoms. The van der Waals surface area contributed by atoms with Crippen LogP contribution in [0.1, 0.15) is 18.9 Å². The van der Waals surface area contributed by atoms with Crippen molar-refractivity contribution < 1.29 is 9.59 Å². The molecule has 7 nitrogen and oxygen atoms in total. The maximum atomic E-state index is 12.4. The van der Waals surface area contributed by atoms with Gasteiger partial charge in [0.05, 0.1) is 18.7 Å². The van der Waals surface area contributed by atoms with E-state index in [0.29, 0.717) is 18.1 Å². The number of amides is 2. The molecule has 144 valence electrons. The van der Waals surface area contributed by atoms with Crippen LogP contribution in [0, 0.1) is 0 Å². The van der Waals surface area contributed by atoms with E-state index >= 15 is 0 Å². The second-order valence-corrected chi connectivity index (χ2v) is 8.11. The summed E-state index contributed by atoms with van der Waals surface area (Å²) in [5.74, 6) is -0.129. The van der Waals surface area contributed by atoms with Crippen LogP contribution < -0.4 is 10.6 Å². The average Bonchev–Trinajstić information content (AvgIpc) is 3.39. The summed E-state index contributed by atoms with van der Waals surface area (Å²) in [6.45, 7) is 3.65. The molecule has 2 N–H and O–H groups in total. The van der Waals surface area contributed by atoms with Gasteiger partial charge in [-0.2, -0.15) is 0 Å². The molecule has 0 saturated carbocycles. The average molecular weight is 414 g/mol. The number of thiazole rings is 1. The fourth-order valence-corrected chi connectivity index (χ4v) is 4.62. The van der Waals surface area contributed by atoms with Gasteiger partial charge in [-0.3, -0.25) is 14.6 Å². The summed E-state index contributed by atoms with van der Waals surface area (Å²) in [6, 6.07) is 7.85. The number of carbonyl (C=O) groups excluding carboxylic acids is 2. The minimum absolute atomic E-state index is 0.0517. The Morgan fingerprint density at radius 1 is 1.25 bits per heavy atom. The normalized spacial score (nSPS) is 15.1. The Bertz CT molecular complexity index is 965. The monoisotopic (exact) mass is 413 g/mol. The second kappa shape index (κ2) is 8.15. The van der Waals surface area contributed by atoms with E-state index in [1.54, 1.807) is 11.8 Å². The van der Waals surface area contributed by atoms with Crippen molar-refractivity contribution in [2.45, 2.75) is 19.9 Å². The molecule has 0 radical (unpaired) electrons. The molecule has 0 unspecified atom stereocenters. The summed E-state index contributed by atoms with van der Waals surface area (Å²) >= 11 is 2.98. The summed E-state index contributed by atoms with van der Waals surface area (Å²) in [6.07, 6.45) is 0.318. The fraction of sp³-hybridized carbons (Fsp3) is 0.263. The van der Waals surface area contributed by atoms with Crippen LogP contribution in [0.2, 0.25) is 0 Å². The van der Waals surface area contributed by atoms with E-state index in [2.05, 4.69) is 25.5 Å². The van der Waals surface area contributed by atoms with Crippen molar-refractivity contribution in [3.63, 3.8) is 0 Å². The first-order valence-electron chi connectivity index (χ1n) is 8.85. The van der Waals surface area contributed by atoms with Gasteiger partial charge in [-0.05, 0) is 11.0 Å². The molecular formula is C19H19N5O2S2. The summed E-state index contributed by atoms with van der Waals surface area (Å²) in [5, 5.41) is 11.2. The highest BCUT2D eigenvalue weighted by atomic mass is 32.2. The van der Waals surface area contributed by atoms with E-state index in [9.17, 15) is 9.59 Å².